The van der Waals surface area contributed by atoms with Gasteiger partial charge in [-0.05, 0) is 31.1 Å². The second-order valence-electron chi connectivity index (χ2n) is 3.43. The first kappa shape index (κ1) is 13.0. The molecule has 1 rings (SSSR count). The van der Waals surface area contributed by atoms with E-state index in [0.29, 0.717) is 11.1 Å². The predicted molar refractivity (Wildman–Crippen MR) is 63.8 cm³/mol. The lowest BCUT2D eigenvalue weighted by Gasteiger charge is -2.08. The quantitative estimate of drug-likeness (QED) is 0.641. The van der Waals surface area contributed by atoms with Crippen LogP contribution >= 0.6 is 0 Å². The van der Waals surface area contributed by atoms with E-state index in [0.717, 1.165) is 11.6 Å². The highest BCUT2D eigenvalue weighted by atomic mass is 16.5. The Hall–Kier alpha value is -2.10. The molecule has 1 aromatic rings. The lowest BCUT2D eigenvalue weighted by Crippen LogP contribution is -2.08. The van der Waals surface area contributed by atoms with E-state index < -0.39 is 11.9 Å². The van der Waals surface area contributed by atoms with E-state index in [1.165, 1.54) is 6.08 Å². The molecule has 4 heteroatoms. The zero-order valence-corrected chi connectivity index (χ0v) is 9.77. The Morgan fingerprint density at radius 1 is 1.41 bits per heavy atom. The summed E-state index contributed by atoms with van der Waals surface area (Å²) in [5.41, 5.74) is 1.72. The van der Waals surface area contributed by atoms with E-state index in [9.17, 15) is 9.59 Å². The molecular formula is C13H14O4. The highest BCUT2D eigenvalue weighted by Gasteiger charge is 2.13. The summed E-state index contributed by atoms with van der Waals surface area (Å²) in [5.74, 6) is -1.49. The summed E-state index contributed by atoms with van der Waals surface area (Å²) >= 11 is 0. The standard InChI is InChI=1S/C13H14O4/c1-3-17-13(16)12-9(2)5-4-6-10(12)7-8-11(14)15/h4-8H,3H2,1-2H3,(H,14,15)/b8-7+. The molecule has 4 nitrogen and oxygen atoms in total. The number of hydrogen-bond acceptors (Lipinski definition) is 3. The Balaban J connectivity index is 3.17. The van der Waals surface area contributed by atoms with Crippen LogP contribution < -0.4 is 0 Å². The van der Waals surface area contributed by atoms with Gasteiger partial charge in [0.2, 0.25) is 0 Å². The smallest absolute Gasteiger partial charge is 0.338 e. The van der Waals surface area contributed by atoms with Crippen molar-refractivity contribution in [1.29, 1.82) is 0 Å². The van der Waals surface area contributed by atoms with Gasteiger partial charge in [-0.3, -0.25) is 0 Å². The third-order valence-electron chi connectivity index (χ3n) is 2.19. The van der Waals surface area contributed by atoms with Gasteiger partial charge < -0.3 is 9.84 Å². The molecule has 0 aromatic heterocycles. The van der Waals surface area contributed by atoms with E-state index >= 15 is 0 Å². The molecule has 0 atom stereocenters. The molecule has 17 heavy (non-hydrogen) atoms. The fourth-order valence-electron chi connectivity index (χ4n) is 1.47. The van der Waals surface area contributed by atoms with Gasteiger partial charge in [-0.15, -0.1) is 0 Å². The van der Waals surface area contributed by atoms with Crippen molar-refractivity contribution >= 4 is 18.0 Å². The first-order chi connectivity index (χ1) is 8.06. The zero-order valence-electron chi connectivity index (χ0n) is 9.77. The number of carboxylic acid groups (broad SMARTS) is 1. The molecule has 0 aliphatic rings. The van der Waals surface area contributed by atoms with E-state index in [1.54, 1.807) is 32.0 Å². The van der Waals surface area contributed by atoms with Crippen LogP contribution in [0.15, 0.2) is 24.3 Å². The minimum atomic E-state index is -1.05. The van der Waals surface area contributed by atoms with E-state index in [4.69, 9.17) is 9.84 Å². The van der Waals surface area contributed by atoms with Crippen LogP contribution in [-0.2, 0) is 9.53 Å². The Kier molecular flexibility index (Phi) is 4.46. The minimum absolute atomic E-state index is 0.287. The lowest BCUT2D eigenvalue weighted by molar-refractivity contribution is -0.131. The number of ether oxygens (including phenoxy) is 1. The van der Waals surface area contributed by atoms with Gasteiger partial charge in [-0.1, -0.05) is 18.2 Å². The van der Waals surface area contributed by atoms with Crippen molar-refractivity contribution in [3.8, 4) is 0 Å². The van der Waals surface area contributed by atoms with Gasteiger partial charge >= 0.3 is 11.9 Å². The van der Waals surface area contributed by atoms with Crippen LogP contribution in [0.2, 0.25) is 0 Å². The fraction of sp³-hybridized carbons (Fsp3) is 0.231. The van der Waals surface area contributed by atoms with Gasteiger partial charge in [-0.25, -0.2) is 9.59 Å². The first-order valence-electron chi connectivity index (χ1n) is 5.24. The summed E-state index contributed by atoms with van der Waals surface area (Å²) < 4.78 is 4.94. The van der Waals surface area contributed by atoms with Crippen LogP contribution in [0.4, 0.5) is 0 Å². The first-order valence-corrected chi connectivity index (χ1v) is 5.24. The monoisotopic (exact) mass is 234 g/mol. The second kappa shape index (κ2) is 5.84. The van der Waals surface area contributed by atoms with Crippen molar-refractivity contribution in [3.05, 3.63) is 41.0 Å². The lowest BCUT2D eigenvalue weighted by atomic mass is 10.0. The molecule has 0 saturated carbocycles. The maximum atomic E-state index is 11.7. The van der Waals surface area contributed by atoms with Crippen LogP contribution in [-0.4, -0.2) is 23.7 Å². The van der Waals surface area contributed by atoms with E-state index in [2.05, 4.69) is 0 Å². The largest absolute Gasteiger partial charge is 0.478 e. The van der Waals surface area contributed by atoms with Crippen molar-refractivity contribution in [2.24, 2.45) is 0 Å². The Labute approximate surface area is 99.5 Å². The molecule has 0 bridgehead atoms. The van der Waals surface area contributed by atoms with Crippen LogP contribution in [0, 0.1) is 6.92 Å². The number of aliphatic carboxylic acids is 1. The molecule has 0 saturated heterocycles. The molecule has 0 heterocycles. The average molecular weight is 234 g/mol. The minimum Gasteiger partial charge on any atom is -0.478 e. The summed E-state index contributed by atoms with van der Waals surface area (Å²) in [5, 5.41) is 8.57. The van der Waals surface area contributed by atoms with E-state index in [-0.39, 0.29) is 6.61 Å². The van der Waals surface area contributed by atoms with Gasteiger partial charge in [0.25, 0.3) is 0 Å². The SMILES string of the molecule is CCOC(=O)c1c(C)cccc1/C=C/C(=O)O. The van der Waals surface area contributed by atoms with Crippen molar-refractivity contribution in [2.75, 3.05) is 6.61 Å². The summed E-state index contributed by atoms with van der Waals surface area (Å²) in [6.45, 7) is 3.79. The Bertz CT molecular complexity index is 460. The van der Waals surface area contributed by atoms with Crippen LogP contribution in [0.1, 0.15) is 28.4 Å². The molecule has 0 amide bonds. The number of carbonyl (C=O) groups is 2. The van der Waals surface area contributed by atoms with Gasteiger partial charge in [-0.2, -0.15) is 0 Å². The molecule has 1 N–H and O–H groups in total. The van der Waals surface area contributed by atoms with E-state index in [1.807, 2.05) is 0 Å². The molecule has 90 valence electrons. The highest BCUT2D eigenvalue weighted by molar-refractivity contribution is 5.96. The van der Waals surface area contributed by atoms with Crippen molar-refractivity contribution in [1.82, 2.24) is 0 Å². The third kappa shape index (κ3) is 3.45. The molecule has 0 fully saturated rings. The summed E-state index contributed by atoms with van der Waals surface area (Å²) in [7, 11) is 0. The molecule has 0 unspecified atom stereocenters. The Morgan fingerprint density at radius 3 is 2.71 bits per heavy atom. The number of benzene rings is 1. The maximum absolute atomic E-state index is 11.7. The zero-order chi connectivity index (χ0) is 12.8. The molecule has 0 aliphatic carbocycles. The van der Waals surface area contributed by atoms with Gasteiger partial charge in [0.1, 0.15) is 0 Å². The topological polar surface area (TPSA) is 63.6 Å². The molecule has 0 spiro atoms. The highest BCUT2D eigenvalue weighted by Crippen LogP contribution is 2.17. The van der Waals surface area contributed by atoms with Crippen molar-refractivity contribution in [3.63, 3.8) is 0 Å². The molecule has 1 aromatic carbocycles. The number of esters is 1. The van der Waals surface area contributed by atoms with Crippen LogP contribution in [0.5, 0.6) is 0 Å². The number of rotatable bonds is 4. The van der Waals surface area contributed by atoms with Crippen molar-refractivity contribution in [2.45, 2.75) is 13.8 Å². The molecular weight excluding hydrogens is 220 g/mol. The third-order valence-corrected chi connectivity index (χ3v) is 2.19. The number of carbonyl (C=O) groups excluding carboxylic acids is 1. The van der Waals surface area contributed by atoms with Gasteiger partial charge in [0.05, 0.1) is 12.2 Å². The summed E-state index contributed by atoms with van der Waals surface area (Å²) in [4.78, 5) is 22.2. The van der Waals surface area contributed by atoms with Crippen molar-refractivity contribution < 1.29 is 19.4 Å². The normalized spacial score (nSPS) is 10.5. The summed E-state index contributed by atoms with van der Waals surface area (Å²) in [6.07, 6.45) is 2.39. The predicted octanol–water partition coefficient (Wildman–Crippen LogP) is 2.27. The summed E-state index contributed by atoms with van der Waals surface area (Å²) in [6, 6.07) is 5.22. The van der Waals surface area contributed by atoms with Gasteiger partial charge in [0.15, 0.2) is 0 Å². The molecule has 0 radical (unpaired) electrons. The number of carboxylic acids is 1. The van der Waals surface area contributed by atoms with Gasteiger partial charge in [0, 0.05) is 6.08 Å². The number of hydrogen-bond donors (Lipinski definition) is 1. The number of aryl methyl sites for hydroxylation is 1. The second-order valence-corrected chi connectivity index (χ2v) is 3.43. The fourth-order valence-corrected chi connectivity index (χ4v) is 1.47. The average Bonchev–Trinajstić information content (AvgIpc) is 2.26. The Morgan fingerprint density at radius 2 is 2.12 bits per heavy atom. The molecule has 0 aliphatic heterocycles. The van der Waals surface area contributed by atoms with Crippen LogP contribution in [0.3, 0.4) is 0 Å². The van der Waals surface area contributed by atoms with Crippen LogP contribution in [0.25, 0.3) is 6.08 Å². The maximum Gasteiger partial charge on any atom is 0.338 e.